The van der Waals surface area contributed by atoms with Crippen LogP contribution in [0.25, 0.3) is 0 Å². The third kappa shape index (κ3) is 6.15. The first-order valence-electron chi connectivity index (χ1n) is 12.5. The maximum Gasteiger partial charge on any atom is 0.416 e. The molecule has 2 atom stereocenters. The minimum absolute atomic E-state index is 0.0184. The molecule has 3 aromatic carbocycles. The highest BCUT2D eigenvalue weighted by atomic mass is 19.4. The molecular weight excluding hydrogens is 463 g/mol. The predicted molar refractivity (Wildman–Crippen MR) is 135 cm³/mol. The fourth-order valence-electron chi connectivity index (χ4n) is 5.00. The van der Waals surface area contributed by atoms with Crippen LogP contribution < -0.4 is 10.6 Å². The first-order chi connectivity index (χ1) is 17.3. The fraction of sp³-hybridized carbons (Fsp3) is 0.345. The van der Waals surface area contributed by atoms with E-state index < -0.39 is 17.6 Å². The Morgan fingerprint density at radius 2 is 1.64 bits per heavy atom. The van der Waals surface area contributed by atoms with Crippen LogP contribution in [0.4, 0.5) is 18.9 Å². The molecule has 4 nitrogen and oxygen atoms in total. The fourth-order valence-corrected chi connectivity index (χ4v) is 5.00. The Kier molecular flexibility index (Phi) is 7.12. The van der Waals surface area contributed by atoms with E-state index >= 15 is 0 Å². The molecule has 0 aromatic heterocycles. The number of anilines is 1. The normalized spacial score (nSPS) is 20.8. The summed E-state index contributed by atoms with van der Waals surface area (Å²) in [6.45, 7) is 3.21. The van der Waals surface area contributed by atoms with Crippen LogP contribution in [0.5, 0.6) is 0 Å². The second-order valence-electron chi connectivity index (χ2n) is 9.81. The number of halogens is 3. The van der Waals surface area contributed by atoms with Gasteiger partial charge in [0.1, 0.15) is 0 Å². The summed E-state index contributed by atoms with van der Waals surface area (Å²) < 4.78 is 38.8. The van der Waals surface area contributed by atoms with Gasteiger partial charge in [-0.25, -0.2) is 0 Å². The van der Waals surface area contributed by atoms with Gasteiger partial charge in [0, 0.05) is 35.8 Å². The highest BCUT2D eigenvalue weighted by Gasteiger charge is 2.39. The van der Waals surface area contributed by atoms with E-state index in [0.717, 1.165) is 51.0 Å². The Morgan fingerprint density at radius 3 is 2.33 bits per heavy atom. The minimum atomic E-state index is -4.48. The maximum atomic E-state index is 12.9. The first-order valence-corrected chi connectivity index (χ1v) is 12.5. The molecule has 1 aliphatic heterocycles. The Labute approximate surface area is 209 Å². The Hall–Kier alpha value is -3.16. The van der Waals surface area contributed by atoms with Crippen molar-refractivity contribution in [1.29, 1.82) is 0 Å². The molecule has 0 bridgehead atoms. The highest BCUT2D eigenvalue weighted by Crippen LogP contribution is 2.42. The molecule has 2 aliphatic rings. The number of benzene rings is 3. The number of piperidine rings is 1. The molecule has 5 rings (SSSR count). The second kappa shape index (κ2) is 10.4. The van der Waals surface area contributed by atoms with Gasteiger partial charge in [-0.15, -0.1) is 0 Å². The van der Waals surface area contributed by atoms with Crippen LogP contribution in [0.2, 0.25) is 0 Å². The summed E-state index contributed by atoms with van der Waals surface area (Å²) in [5.74, 6) is -0.0982. The molecule has 0 unspecified atom stereocenters. The predicted octanol–water partition coefficient (Wildman–Crippen LogP) is 6.07. The van der Waals surface area contributed by atoms with E-state index in [1.54, 1.807) is 0 Å². The topological polar surface area (TPSA) is 44.4 Å². The van der Waals surface area contributed by atoms with Gasteiger partial charge in [0.15, 0.2) is 0 Å². The van der Waals surface area contributed by atoms with Crippen LogP contribution in [-0.2, 0) is 12.7 Å². The van der Waals surface area contributed by atoms with Gasteiger partial charge in [-0.05, 0) is 73.8 Å². The van der Waals surface area contributed by atoms with Crippen molar-refractivity contribution in [3.8, 4) is 0 Å². The van der Waals surface area contributed by atoms with Crippen molar-refractivity contribution in [2.24, 2.45) is 0 Å². The standard InChI is InChI=1S/C29H30F3N3O/c30-29(31,32)23-8-4-7-22(17-23)28(36)34-24-11-9-21(10-12-24)26-18-27(26)33-25-13-15-35(16-14-25)19-20-5-2-1-3-6-20/h1-12,17,25-27,33H,13-16,18-19H2,(H,34,36)/t26-,27+/m0/s1. The molecule has 1 amide bonds. The van der Waals surface area contributed by atoms with Gasteiger partial charge in [-0.2, -0.15) is 13.2 Å². The third-order valence-electron chi connectivity index (χ3n) is 7.13. The number of hydrogen-bond acceptors (Lipinski definition) is 3. The SMILES string of the molecule is O=C(Nc1ccc([C@@H]2C[C@H]2NC2CCN(Cc3ccccc3)CC2)cc1)c1cccc(C(F)(F)F)c1. The molecule has 0 spiro atoms. The number of nitrogens with zero attached hydrogens (tertiary/aromatic N) is 1. The number of alkyl halides is 3. The second-order valence-corrected chi connectivity index (χ2v) is 9.81. The van der Waals surface area contributed by atoms with Crippen molar-refractivity contribution in [2.45, 2.75) is 50.0 Å². The third-order valence-corrected chi connectivity index (χ3v) is 7.13. The summed E-state index contributed by atoms with van der Waals surface area (Å²) >= 11 is 0. The Balaban J connectivity index is 1.08. The zero-order valence-electron chi connectivity index (χ0n) is 20.0. The number of amides is 1. The van der Waals surface area contributed by atoms with Gasteiger partial charge in [0.05, 0.1) is 5.56 Å². The van der Waals surface area contributed by atoms with E-state index in [1.165, 1.54) is 23.3 Å². The highest BCUT2D eigenvalue weighted by molar-refractivity contribution is 6.04. The van der Waals surface area contributed by atoms with E-state index in [-0.39, 0.29) is 5.56 Å². The summed E-state index contributed by atoms with van der Waals surface area (Å²) in [7, 11) is 0. The van der Waals surface area contributed by atoms with Crippen LogP contribution in [0, 0.1) is 0 Å². The largest absolute Gasteiger partial charge is 0.416 e. The smallest absolute Gasteiger partial charge is 0.322 e. The number of carbonyl (C=O) groups excluding carboxylic acids is 1. The van der Waals surface area contributed by atoms with Gasteiger partial charge in [0.25, 0.3) is 5.91 Å². The van der Waals surface area contributed by atoms with Crippen molar-refractivity contribution in [3.63, 3.8) is 0 Å². The molecule has 3 aromatic rings. The van der Waals surface area contributed by atoms with Crippen molar-refractivity contribution in [2.75, 3.05) is 18.4 Å². The number of rotatable bonds is 7. The lowest BCUT2D eigenvalue weighted by atomic mass is 10.0. The van der Waals surface area contributed by atoms with Gasteiger partial charge < -0.3 is 10.6 Å². The van der Waals surface area contributed by atoms with Crippen molar-refractivity contribution in [3.05, 3.63) is 101 Å². The monoisotopic (exact) mass is 493 g/mol. The average Bonchev–Trinajstić information content (AvgIpc) is 3.65. The van der Waals surface area contributed by atoms with Gasteiger partial charge >= 0.3 is 6.18 Å². The number of likely N-dealkylation sites (tertiary alicyclic amines) is 1. The van der Waals surface area contributed by atoms with E-state index in [0.29, 0.717) is 23.7 Å². The summed E-state index contributed by atoms with van der Waals surface area (Å²) in [4.78, 5) is 14.9. The summed E-state index contributed by atoms with van der Waals surface area (Å²) in [5.41, 5.74) is 2.29. The van der Waals surface area contributed by atoms with Crippen molar-refractivity contribution < 1.29 is 18.0 Å². The number of hydrogen-bond donors (Lipinski definition) is 2. The van der Waals surface area contributed by atoms with Crippen molar-refractivity contribution in [1.82, 2.24) is 10.2 Å². The molecule has 2 fully saturated rings. The van der Waals surface area contributed by atoms with Crippen LogP contribution in [-0.4, -0.2) is 36.0 Å². The van der Waals surface area contributed by atoms with Crippen molar-refractivity contribution >= 4 is 11.6 Å². The van der Waals surface area contributed by atoms with Crippen LogP contribution in [0.15, 0.2) is 78.9 Å². The molecule has 1 saturated carbocycles. The molecule has 188 valence electrons. The molecule has 36 heavy (non-hydrogen) atoms. The van der Waals surface area contributed by atoms with E-state index in [9.17, 15) is 18.0 Å². The van der Waals surface area contributed by atoms with E-state index in [4.69, 9.17) is 0 Å². The van der Waals surface area contributed by atoms with Crippen LogP contribution in [0.3, 0.4) is 0 Å². The summed E-state index contributed by atoms with van der Waals surface area (Å²) in [5, 5.41) is 6.52. The molecule has 2 N–H and O–H groups in total. The lowest BCUT2D eigenvalue weighted by Gasteiger charge is -2.32. The van der Waals surface area contributed by atoms with Crippen LogP contribution >= 0.6 is 0 Å². The quantitative estimate of drug-likeness (QED) is 0.420. The summed E-state index contributed by atoms with van der Waals surface area (Å²) in [6, 6.07) is 23.7. The zero-order valence-corrected chi connectivity index (χ0v) is 20.0. The number of carbonyl (C=O) groups is 1. The van der Waals surface area contributed by atoms with Gasteiger partial charge in [0.2, 0.25) is 0 Å². The molecular formula is C29H30F3N3O. The number of nitrogens with one attached hydrogen (secondary N) is 2. The molecule has 1 heterocycles. The zero-order chi connectivity index (χ0) is 25.1. The minimum Gasteiger partial charge on any atom is -0.322 e. The summed E-state index contributed by atoms with van der Waals surface area (Å²) in [6.07, 6.45) is -1.08. The van der Waals surface area contributed by atoms with Crippen LogP contribution in [0.1, 0.15) is 52.2 Å². The molecule has 0 radical (unpaired) electrons. The lowest BCUT2D eigenvalue weighted by Crippen LogP contribution is -2.43. The maximum absolute atomic E-state index is 12.9. The van der Waals surface area contributed by atoms with E-state index in [1.807, 2.05) is 24.3 Å². The first kappa shape index (κ1) is 24.5. The van der Waals surface area contributed by atoms with E-state index in [2.05, 4.69) is 45.9 Å². The Bertz CT molecular complexity index is 1170. The Morgan fingerprint density at radius 1 is 0.917 bits per heavy atom. The average molecular weight is 494 g/mol. The lowest BCUT2D eigenvalue weighted by molar-refractivity contribution is -0.137. The van der Waals surface area contributed by atoms with Gasteiger partial charge in [-0.1, -0.05) is 48.5 Å². The molecule has 1 aliphatic carbocycles. The van der Waals surface area contributed by atoms with Gasteiger partial charge in [-0.3, -0.25) is 9.69 Å². The molecule has 7 heteroatoms. The molecule has 1 saturated heterocycles.